The molecular weight excluding hydrogens is 254 g/mol. The molecule has 3 heteroatoms. The molecule has 0 aliphatic heterocycles. The number of benzene rings is 2. The minimum atomic E-state index is 0.0242. The van der Waals surface area contributed by atoms with Gasteiger partial charge in [-0.3, -0.25) is 4.79 Å². The summed E-state index contributed by atoms with van der Waals surface area (Å²) < 4.78 is 0. The lowest BCUT2D eigenvalue weighted by atomic mass is 10.2. The van der Waals surface area contributed by atoms with Crippen molar-refractivity contribution in [1.82, 2.24) is 0 Å². The average molecular weight is 271 g/mol. The quantitative estimate of drug-likeness (QED) is 0.850. The fourth-order valence-electron chi connectivity index (χ4n) is 1.82. The number of aryl methyl sites for hydroxylation is 2. The highest BCUT2D eigenvalue weighted by Crippen LogP contribution is 2.23. The maximum atomic E-state index is 11.8. The van der Waals surface area contributed by atoms with Crippen LogP contribution in [0.25, 0.3) is 0 Å². The largest absolute Gasteiger partial charge is 0.325 e. The zero-order valence-electron chi connectivity index (χ0n) is 11.1. The first-order chi connectivity index (χ1) is 9.15. The molecule has 0 atom stereocenters. The summed E-state index contributed by atoms with van der Waals surface area (Å²) in [5.41, 5.74) is 3.31. The second-order valence-corrected chi connectivity index (χ2v) is 5.49. The molecule has 98 valence electrons. The zero-order chi connectivity index (χ0) is 13.7. The Kier molecular flexibility index (Phi) is 4.63. The van der Waals surface area contributed by atoms with Gasteiger partial charge in [0, 0.05) is 10.6 Å². The number of anilines is 1. The number of thioether (sulfide) groups is 1. The van der Waals surface area contributed by atoms with Crippen molar-refractivity contribution in [3.63, 3.8) is 0 Å². The molecule has 2 nitrogen and oxygen atoms in total. The fraction of sp³-hybridized carbons (Fsp3) is 0.188. The van der Waals surface area contributed by atoms with Crippen LogP contribution in [0.5, 0.6) is 0 Å². The molecular formula is C16H17NOS. The lowest BCUT2D eigenvalue weighted by molar-refractivity contribution is -0.113. The van der Waals surface area contributed by atoms with Gasteiger partial charge < -0.3 is 5.32 Å². The second kappa shape index (κ2) is 6.43. The Bertz CT molecular complexity index is 566. The summed E-state index contributed by atoms with van der Waals surface area (Å²) in [5, 5.41) is 2.88. The number of rotatable bonds is 4. The SMILES string of the molecule is Cc1ccc(SCC(=O)Nc2ccccc2)c(C)c1. The molecule has 1 N–H and O–H groups in total. The number of hydrogen-bond acceptors (Lipinski definition) is 2. The average Bonchev–Trinajstić information content (AvgIpc) is 2.39. The van der Waals surface area contributed by atoms with Crippen LogP contribution in [-0.2, 0) is 4.79 Å². The topological polar surface area (TPSA) is 29.1 Å². The molecule has 0 heterocycles. The molecule has 0 saturated heterocycles. The first kappa shape index (κ1) is 13.7. The maximum Gasteiger partial charge on any atom is 0.234 e. The Morgan fingerprint density at radius 2 is 1.84 bits per heavy atom. The van der Waals surface area contributed by atoms with Gasteiger partial charge >= 0.3 is 0 Å². The van der Waals surface area contributed by atoms with Gasteiger partial charge in [0.15, 0.2) is 0 Å². The van der Waals surface area contributed by atoms with Gasteiger partial charge in [-0.1, -0.05) is 35.9 Å². The van der Waals surface area contributed by atoms with E-state index >= 15 is 0 Å². The molecule has 0 bridgehead atoms. The van der Waals surface area contributed by atoms with E-state index in [0.29, 0.717) is 5.75 Å². The van der Waals surface area contributed by atoms with Crippen LogP contribution in [-0.4, -0.2) is 11.7 Å². The van der Waals surface area contributed by atoms with Gasteiger partial charge in [-0.05, 0) is 37.6 Å². The van der Waals surface area contributed by atoms with Crippen LogP contribution in [0.2, 0.25) is 0 Å². The lowest BCUT2D eigenvalue weighted by Gasteiger charge is -2.07. The van der Waals surface area contributed by atoms with Gasteiger partial charge in [-0.15, -0.1) is 11.8 Å². The highest BCUT2D eigenvalue weighted by molar-refractivity contribution is 8.00. The number of carbonyl (C=O) groups is 1. The molecule has 0 aliphatic rings. The zero-order valence-corrected chi connectivity index (χ0v) is 12.0. The van der Waals surface area contributed by atoms with Crippen molar-refractivity contribution in [2.24, 2.45) is 0 Å². The molecule has 19 heavy (non-hydrogen) atoms. The molecule has 0 spiro atoms. The van der Waals surface area contributed by atoms with E-state index in [-0.39, 0.29) is 5.91 Å². The Morgan fingerprint density at radius 3 is 2.53 bits per heavy atom. The van der Waals surface area contributed by atoms with E-state index in [2.05, 4.69) is 37.4 Å². The van der Waals surface area contributed by atoms with Gasteiger partial charge in [0.25, 0.3) is 0 Å². The van der Waals surface area contributed by atoms with Crippen molar-refractivity contribution < 1.29 is 4.79 Å². The van der Waals surface area contributed by atoms with Gasteiger partial charge in [0.1, 0.15) is 0 Å². The summed E-state index contributed by atoms with van der Waals surface area (Å²) in [4.78, 5) is 13.0. The Hall–Kier alpha value is -1.74. The summed E-state index contributed by atoms with van der Waals surface area (Å²) in [6.07, 6.45) is 0. The lowest BCUT2D eigenvalue weighted by Crippen LogP contribution is -2.13. The highest BCUT2D eigenvalue weighted by atomic mass is 32.2. The predicted octanol–water partition coefficient (Wildman–Crippen LogP) is 4.03. The summed E-state index contributed by atoms with van der Waals surface area (Å²) in [7, 11) is 0. The van der Waals surface area contributed by atoms with Crippen molar-refractivity contribution in [3.8, 4) is 0 Å². The van der Waals surface area contributed by atoms with Gasteiger partial charge in [-0.2, -0.15) is 0 Å². The van der Waals surface area contributed by atoms with Crippen molar-refractivity contribution in [3.05, 3.63) is 59.7 Å². The molecule has 2 aromatic carbocycles. The minimum absolute atomic E-state index is 0.0242. The Labute approximate surface area is 118 Å². The van der Waals surface area contributed by atoms with Crippen LogP contribution in [0.3, 0.4) is 0 Å². The molecule has 0 fully saturated rings. The summed E-state index contributed by atoms with van der Waals surface area (Å²) >= 11 is 1.57. The molecule has 1 amide bonds. The van der Waals surface area contributed by atoms with Gasteiger partial charge in [0.2, 0.25) is 5.91 Å². The molecule has 0 unspecified atom stereocenters. The normalized spacial score (nSPS) is 10.2. The van der Waals surface area contributed by atoms with Crippen LogP contribution in [0.1, 0.15) is 11.1 Å². The van der Waals surface area contributed by atoms with Crippen LogP contribution in [0.15, 0.2) is 53.4 Å². The third-order valence-corrected chi connectivity index (χ3v) is 3.92. The van der Waals surface area contributed by atoms with E-state index in [4.69, 9.17) is 0 Å². The number of para-hydroxylation sites is 1. The number of amides is 1. The van der Waals surface area contributed by atoms with E-state index in [9.17, 15) is 4.79 Å². The van der Waals surface area contributed by atoms with Crippen LogP contribution < -0.4 is 5.32 Å². The summed E-state index contributed by atoms with van der Waals surface area (Å²) in [6.45, 7) is 4.15. The summed E-state index contributed by atoms with van der Waals surface area (Å²) in [6, 6.07) is 15.8. The summed E-state index contributed by atoms with van der Waals surface area (Å²) in [5.74, 6) is 0.454. The fourth-order valence-corrected chi connectivity index (χ4v) is 2.63. The third-order valence-electron chi connectivity index (χ3n) is 2.75. The third kappa shape index (κ3) is 4.14. The molecule has 2 rings (SSSR count). The van der Waals surface area contributed by atoms with Crippen molar-refractivity contribution in [2.75, 3.05) is 11.1 Å². The maximum absolute atomic E-state index is 11.8. The minimum Gasteiger partial charge on any atom is -0.325 e. The van der Waals surface area contributed by atoms with Crippen LogP contribution >= 0.6 is 11.8 Å². The first-order valence-corrected chi connectivity index (χ1v) is 7.18. The van der Waals surface area contributed by atoms with Gasteiger partial charge in [0.05, 0.1) is 5.75 Å². The standard InChI is InChI=1S/C16H17NOS/c1-12-8-9-15(13(2)10-12)19-11-16(18)17-14-6-4-3-5-7-14/h3-10H,11H2,1-2H3,(H,17,18). The number of nitrogens with one attached hydrogen (secondary N) is 1. The van der Waals surface area contributed by atoms with E-state index < -0.39 is 0 Å². The monoisotopic (exact) mass is 271 g/mol. The van der Waals surface area contributed by atoms with Crippen LogP contribution in [0, 0.1) is 13.8 Å². The highest BCUT2D eigenvalue weighted by Gasteiger charge is 2.05. The second-order valence-electron chi connectivity index (χ2n) is 4.47. The number of carbonyl (C=O) groups excluding carboxylic acids is 1. The smallest absolute Gasteiger partial charge is 0.234 e. The molecule has 0 radical (unpaired) electrons. The molecule has 0 aliphatic carbocycles. The molecule has 2 aromatic rings. The van der Waals surface area contributed by atoms with Crippen LogP contribution in [0.4, 0.5) is 5.69 Å². The van der Waals surface area contributed by atoms with Crippen molar-refractivity contribution in [2.45, 2.75) is 18.7 Å². The Balaban J connectivity index is 1.90. The van der Waals surface area contributed by atoms with E-state index in [1.165, 1.54) is 11.1 Å². The molecule has 0 saturated carbocycles. The number of hydrogen-bond donors (Lipinski definition) is 1. The van der Waals surface area contributed by atoms with E-state index in [1.807, 2.05) is 30.3 Å². The molecule has 0 aromatic heterocycles. The van der Waals surface area contributed by atoms with Gasteiger partial charge in [-0.25, -0.2) is 0 Å². The Morgan fingerprint density at radius 1 is 1.11 bits per heavy atom. The predicted molar refractivity (Wildman–Crippen MR) is 81.7 cm³/mol. The van der Waals surface area contributed by atoms with Crippen molar-refractivity contribution >= 4 is 23.4 Å². The first-order valence-electron chi connectivity index (χ1n) is 6.20. The van der Waals surface area contributed by atoms with E-state index in [0.717, 1.165) is 10.6 Å². The van der Waals surface area contributed by atoms with Crippen molar-refractivity contribution in [1.29, 1.82) is 0 Å². The van der Waals surface area contributed by atoms with E-state index in [1.54, 1.807) is 11.8 Å².